The third-order valence-electron chi connectivity index (χ3n) is 6.28. The molecule has 0 aliphatic heterocycles. The summed E-state index contributed by atoms with van der Waals surface area (Å²) in [6, 6.07) is 5.70. The van der Waals surface area contributed by atoms with Crippen LogP contribution in [0.2, 0.25) is 0 Å². The van der Waals surface area contributed by atoms with Crippen LogP contribution in [0.4, 0.5) is 0 Å². The maximum atomic E-state index is 12.4. The van der Waals surface area contributed by atoms with Gasteiger partial charge in [0.2, 0.25) is 0 Å². The number of pyridine rings is 1. The fourth-order valence-electron chi connectivity index (χ4n) is 4.48. The number of aromatic nitrogens is 2. The lowest BCUT2D eigenvalue weighted by Crippen LogP contribution is -2.31. The van der Waals surface area contributed by atoms with Crippen molar-refractivity contribution >= 4 is 33.4 Å². The summed E-state index contributed by atoms with van der Waals surface area (Å²) in [5, 5.41) is 7.96. The smallest absolute Gasteiger partial charge is 0.273 e. The molecule has 2 saturated carbocycles. The van der Waals surface area contributed by atoms with Crippen molar-refractivity contribution in [1.82, 2.24) is 15.5 Å². The van der Waals surface area contributed by atoms with Crippen LogP contribution in [0.25, 0.3) is 10.2 Å². The van der Waals surface area contributed by atoms with E-state index in [4.69, 9.17) is 10.3 Å². The molecule has 30 heavy (non-hydrogen) atoms. The van der Waals surface area contributed by atoms with E-state index in [2.05, 4.69) is 15.5 Å². The van der Waals surface area contributed by atoms with Crippen molar-refractivity contribution in [3.8, 4) is 0 Å². The first-order valence-electron chi connectivity index (χ1n) is 10.5. The summed E-state index contributed by atoms with van der Waals surface area (Å²) in [4.78, 5) is 30.3. The Morgan fingerprint density at radius 3 is 2.67 bits per heavy atom. The van der Waals surface area contributed by atoms with Crippen molar-refractivity contribution in [3.63, 3.8) is 0 Å². The average molecular weight is 425 g/mol. The van der Waals surface area contributed by atoms with Gasteiger partial charge in [0, 0.05) is 30.1 Å². The van der Waals surface area contributed by atoms with Gasteiger partial charge in [0.25, 0.3) is 11.8 Å². The summed E-state index contributed by atoms with van der Waals surface area (Å²) in [5.74, 6) is 1.44. The van der Waals surface area contributed by atoms with Gasteiger partial charge in [0.15, 0.2) is 5.69 Å². The van der Waals surface area contributed by atoms with Crippen molar-refractivity contribution in [1.29, 1.82) is 0 Å². The van der Waals surface area contributed by atoms with E-state index in [1.54, 1.807) is 12.3 Å². The minimum atomic E-state index is -0.374. The number of hydrogen-bond acceptors (Lipinski definition) is 6. The molecule has 2 aliphatic rings. The lowest BCUT2D eigenvalue weighted by molar-refractivity contribution is 0.0932. The molecule has 3 N–H and O–H groups in total. The molecule has 0 bridgehead atoms. The number of carbonyl (C=O) groups excluding carboxylic acids is 2. The van der Waals surface area contributed by atoms with Gasteiger partial charge in [-0.3, -0.25) is 9.59 Å². The Morgan fingerprint density at radius 2 is 1.93 bits per heavy atom. The molecule has 0 unspecified atom stereocenters. The third-order valence-corrected chi connectivity index (χ3v) is 7.42. The second-order valence-corrected chi connectivity index (χ2v) is 9.38. The number of nitrogens with zero attached hydrogens (tertiary/aromatic N) is 2. The highest BCUT2D eigenvalue weighted by Gasteiger charge is 2.30. The van der Waals surface area contributed by atoms with Crippen LogP contribution < -0.4 is 11.1 Å². The first-order valence-corrected chi connectivity index (χ1v) is 11.3. The topological polar surface area (TPSA) is 111 Å². The van der Waals surface area contributed by atoms with Crippen molar-refractivity contribution in [3.05, 3.63) is 46.3 Å². The molecule has 3 aromatic rings. The quantitative estimate of drug-likeness (QED) is 0.622. The normalized spacial score (nSPS) is 21.6. The van der Waals surface area contributed by atoms with Gasteiger partial charge >= 0.3 is 0 Å². The number of nitrogens with one attached hydrogen (secondary N) is 1. The zero-order valence-electron chi connectivity index (χ0n) is 16.6. The molecular formula is C22H24N4O3S. The standard InChI is InChI=1S/C22H24N4O3S/c23-20(27)19-18(15-2-1-9-24-22(15)30-19)14-5-3-12(4-6-14)11-25-21(28)16-10-17(29-26-16)13-7-8-13/h1-2,9-10,12-14H,3-8,11H2,(H2,23,27)(H,25,28). The number of nitrogens with two attached hydrogens (primary N) is 1. The minimum absolute atomic E-state index is 0.168. The maximum Gasteiger partial charge on any atom is 0.273 e. The number of carbonyl (C=O) groups is 2. The van der Waals surface area contributed by atoms with Crippen LogP contribution in [0, 0.1) is 5.92 Å². The van der Waals surface area contributed by atoms with Gasteiger partial charge in [0.05, 0.1) is 4.88 Å². The highest BCUT2D eigenvalue weighted by Crippen LogP contribution is 2.43. The van der Waals surface area contributed by atoms with E-state index < -0.39 is 0 Å². The summed E-state index contributed by atoms with van der Waals surface area (Å²) in [7, 11) is 0. The Labute approximate surface area is 178 Å². The van der Waals surface area contributed by atoms with Crippen molar-refractivity contribution in [2.45, 2.75) is 50.4 Å². The van der Waals surface area contributed by atoms with Crippen molar-refractivity contribution in [2.24, 2.45) is 11.7 Å². The predicted octanol–water partition coefficient (Wildman–Crippen LogP) is 3.96. The minimum Gasteiger partial charge on any atom is -0.365 e. The van der Waals surface area contributed by atoms with Gasteiger partial charge in [-0.2, -0.15) is 0 Å². The zero-order chi connectivity index (χ0) is 20.7. The van der Waals surface area contributed by atoms with Crippen molar-refractivity contribution < 1.29 is 14.1 Å². The summed E-state index contributed by atoms with van der Waals surface area (Å²) in [5.41, 5.74) is 7.09. The number of rotatable bonds is 6. The molecule has 0 saturated heterocycles. The predicted molar refractivity (Wildman–Crippen MR) is 114 cm³/mol. The van der Waals surface area contributed by atoms with E-state index in [0.717, 1.165) is 60.1 Å². The monoisotopic (exact) mass is 424 g/mol. The van der Waals surface area contributed by atoms with E-state index in [0.29, 0.717) is 34.9 Å². The van der Waals surface area contributed by atoms with Crippen LogP contribution in [0.15, 0.2) is 28.9 Å². The lowest BCUT2D eigenvalue weighted by atomic mass is 9.78. The number of primary amides is 1. The van der Waals surface area contributed by atoms with E-state index in [1.165, 1.54) is 11.3 Å². The van der Waals surface area contributed by atoms with Gasteiger partial charge in [-0.15, -0.1) is 11.3 Å². The molecule has 2 amide bonds. The first-order chi connectivity index (χ1) is 14.6. The number of amides is 2. The molecule has 5 rings (SSSR count). The Kier molecular flexibility index (Phi) is 5.02. The van der Waals surface area contributed by atoms with Gasteiger partial charge in [-0.25, -0.2) is 4.98 Å². The summed E-state index contributed by atoms with van der Waals surface area (Å²) < 4.78 is 5.27. The Morgan fingerprint density at radius 1 is 1.17 bits per heavy atom. The molecule has 0 atom stereocenters. The molecule has 2 fully saturated rings. The highest BCUT2D eigenvalue weighted by molar-refractivity contribution is 7.20. The molecule has 7 nitrogen and oxygen atoms in total. The first kappa shape index (κ1) is 19.2. The fourth-order valence-corrected chi connectivity index (χ4v) is 5.56. The second-order valence-electron chi connectivity index (χ2n) is 8.38. The van der Waals surface area contributed by atoms with Crippen LogP contribution in [0.1, 0.15) is 81.8 Å². The molecule has 0 spiro atoms. The van der Waals surface area contributed by atoms with Crippen LogP contribution >= 0.6 is 11.3 Å². The summed E-state index contributed by atoms with van der Waals surface area (Å²) >= 11 is 1.39. The van der Waals surface area contributed by atoms with Crippen LogP contribution in [0.3, 0.4) is 0 Å². The van der Waals surface area contributed by atoms with Gasteiger partial charge in [-0.05, 0) is 62.0 Å². The second kappa shape index (κ2) is 7.83. The molecule has 0 aromatic carbocycles. The van der Waals surface area contributed by atoms with Crippen LogP contribution in [0.5, 0.6) is 0 Å². The molecule has 2 aliphatic carbocycles. The van der Waals surface area contributed by atoms with Gasteiger partial charge < -0.3 is 15.6 Å². The van der Waals surface area contributed by atoms with Crippen LogP contribution in [-0.4, -0.2) is 28.5 Å². The van der Waals surface area contributed by atoms with Crippen molar-refractivity contribution in [2.75, 3.05) is 6.54 Å². The van der Waals surface area contributed by atoms with E-state index in [1.807, 2.05) is 12.1 Å². The SMILES string of the molecule is NC(=O)c1sc2ncccc2c1C1CCC(CNC(=O)c2cc(C3CC3)on2)CC1. The largest absolute Gasteiger partial charge is 0.365 e. The average Bonchev–Trinajstić information content (AvgIpc) is 3.35. The molecule has 3 aromatic heterocycles. The molecule has 8 heteroatoms. The number of thiophene rings is 1. The Bertz CT molecular complexity index is 1090. The lowest BCUT2D eigenvalue weighted by Gasteiger charge is -2.29. The highest BCUT2D eigenvalue weighted by atomic mass is 32.1. The summed E-state index contributed by atoms with van der Waals surface area (Å²) in [6.07, 6.45) is 7.91. The van der Waals surface area contributed by atoms with E-state index in [-0.39, 0.29) is 11.8 Å². The van der Waals surface area contributed by atoms with E-state index in [9.17, 15) is 9.59 Å². The Balaban J connectivity index is 1.20. The molecule has 156 valence electrons. The molecular weight excluding hydrogens is 400 g/mol. The molecule has 3 heterocycles. The Hall–Kier alpha value is -2.74. The van der Waals surface area contributed by atoms with Gasteiger partial charge in [-0.1, -0.05) is 11.2 Å². The summed E-state index contributed by atoms with van der Waals surface area (Å²) in [6.45, 7) is 0.631. The molecule has 0 radical (unpaired) electrons. The fraction of sp³-hybridized carbons (Fsp3) is 0.455. The zero-order valence-corrected chi connectivity index (χ0v) is 17.4. The van der Waals surface area contributed by atoms with Gasteiger partial charge in [0.1, 0.15) is 10.6 Å². The van der Waals surface area contributed by atoms with E-state index >= 15 is 0 Å². The maximum absolute atomic E-state index is 12.4. The van der Waals surface area contributed by atoms with Crippen LogP contribution in [-0.2, 0) is 0 Å². The third kappa shape index (κ3) is 3.71. The number of fused-ring (bicyclic) bond motifs is 1. The number of hydrogen-bond donors (Lipinski definition) is 2.